The Labute approximate surface area is 129 Å². The molecule has 110 valence electrons. The van der Waals surface area contributed by atoms with Gasteiger partial charge in [-0.1, -0.05) is 35.9 Å². The first-order valence-corrected chi connectivity index (χ1v) is 7.38. The molecule has 21 heavy (non-hydrogen) atoms. The average molecular weight is 304 g/mol. The molecule has 2 atom stereocenters. The minimum atomic E-state index is -0.0953. The number of benzene rings is 2. The highest BCUT2D eigenvalue weighted by Gasteiger charge is 2.31. The van der Waals surface area contributed by atoms with E-state index in [4.69, 9.17) is 21.1 Å². The number of aryl methyl sites for hydroxylation is 1. The van der Waals surface area contributed by atoms with Crippen LogP contribution in [0.4, 0.5) is 0 Å². The second-order valence-corrected chi connectivity index (χ2v) is 5.62. The lowest BCUT2D eigenvalue weighted by Gasteiger charge is -2.33. The molecule has 0 radical (unpaired) electrons. The van der Waals surface area contributed by atoms with Gasteiger partial charge in [-0.15, -0.1) is 0 Å². The molecule has 0 saturated heterocycles. The van der Waals surface area contributed by atoms with Gasteiger partial charge in [-0.05, 0) is 37.7 Å². The Balaban J connectivity index is 1.88. The molecule has 2 aromatic carbocycles. The van der Waals surface area contributed by atoms with Crippen molar-refractivity contribution in [2.45, 2.75) is 19.1 Å². The lowest BCUT2D eigenvalue weighted by molar-refractivity contribution is 0.0768. The smallest absolute Gasteiger partial charge is 0.152 e. The lowest BCUT2D eigenvalue weighted by atomic mass is 9.98. The van der Waals surface area contributed by atoms with Crippen molar-refractivity contribution in [2.75, 3.05) is 13.7 Å². The summed E-state index contributed by atoms with van der Waals surface area (Å²) >= 11 is 6.06. The Bertz CT molecular complexity index is 644. The van der Waals surface area contributed by atoms with Crippen LogP contribution in [0.1, 0.15) is 17.2 Å². The van der Waals surface area contributed by atoms with Crippen molar-refractivity contribution in [3.63, 3.8) is 0 Å². The summed E-state index contributed by atoms with van der Waals surface area (Å²) in [6.45, 7) is 2.52. The Kier molecular flexibility index (Phi) is 4.04. The second-order valence-electron chi connectivity index (χ2n) is 5.18. The van der Waals surface area contributed by atoms with E-state index in [2.05, 4.69) is 11.4 Å². The number of para-hydroxylation sites is 1. The molecule has 0 saturated carbocycles. The SMILES string of the molecule is CNC1c2ccccc2OCC1Oc1cc(Cl)ccc1C. The van der Waals surface area contributed by atoms with Crippen LogP contribution in [-0.2, 0) is 0 Å². The first-order chi connectivity index (χ1) is 10.2. The van der Waals surface area contributed by atoms with E-state index < -0.39 is 0 Å². The fourth-order valence-electron chi connectivity index (χ4n) is 2.64. The minimum Gasteiger partial charge on any atom is -0.489 e. The predicted molar refractivity (Wildman–Crippen MR) is 84.3 cm³/mol. The van der Waals surface area contributed by atoms with Gasteiger partial charge in [0.1, 0.15) is 18.1 Å². The van der Waals surface area contributed by atoms with Crippen LogP contribution in [0.3, 0.4) is 0 Å². The third-order valence-electron chi connectivity index (χ3n) is 3.77. The fraction of sp³-hybridized carbons (Fsp3) is 0.294. The molecular weight excluding hydrogens is 286 g/mol. The van der Waals surface area contributed by atoms with Gasteiger partial charge in [0, 0.05) is 10.6 Å². The van der Waals surface area contributed by atoms with Crippen LogP contribution < -0.4 is 14.8 Å². The van der Waals surface area contributed by atoms with Crippen molar-refractivity contribution >= 4 is 11.6 Å². The van der Waals surface area contributed by atoms with Crippen molar-refractivity contribution in [1.82, 2.24) is 5.32 Å². The molecule has 1 heterocycles. The van der Waals surface area contributed by atoms with E-state index >= 15 is 0 Å². The zero-order chi connectivity index (χ0) is 14.8. The Morgan fingerprint density at radius 1 is 1.24 bits per heavy atom. The predicted octanol–water partition coefficient (Wildman–Crippen LogP) is 3.75. The van der Waals surface area contributed by atoms with Gasteiger partial charge < -0.3 is 14.8 Å². The average Bonchev–Trinajstić information content (AvgIpc) is 2.50. The third kappa shape index (κ3) is 2.85. The van der Waals surface area contributed by atoms with Gasteiger partial charge in [0.25, 0.3) is 0 Å². The first-order valence-electron chi connectivity index (χ1n) is 7.01. The zero-order valence-corrected chi connectivity index (χ0v) is 12.9. The normalized spacial score (nSPS) is 20.5. The molecule has 0 amide bonds. The summed E-state index contributed by atoms with van der Waals surface area (Å²) in [5.74, 6) is 1.72. The molecule has 0 aliphatic carbocycles. The Hall–Kier alpha value is -1.71. The van der Waals surface area contributed by atoms with Gasteiger partial charge in [0.05, 0.1) is 6.04 Å². The molecule has 0 bridgehead atoms. The maximum atomic E-state index is 6.16. The fourth-order valence-corrected chi connectivity index (χ4v) is 2.81. The van der Waals surface area contributed by atoms with E-state index in [1.807, 2.05) is 50.4 Å². The summed E-state index contributed by atoms with van der Waals surface area (Å²) in [4.78, 5) is 0. The quantitative estimate of drug-likeness (QED) is 0.937. The van der Waals surface area contributed by atoms with Crippen molar-refractivity contribution in [2.24, 2.45) is 0 Å². The highest BCUT2D eigenvalue weighted by Crippen LogP contribution is 2.34. The van der Waals surface area contributed by atoms with E-state index in [1.165, 1.54) is 0 Å². The number of halogens is 1. The van der Waals surface area contributed by atoms with Crippen LogP contribution in [0.15, 0.2) is 42.5 Å². The highest BCUT2D eigenvalue weighted by atomic mass is 35.5. The summed E-state index contributed by atoms with van der Waals surface area (Å²) in [7, 11) is 1.94. The second kappa shape index (κ2) is 5.96. The number of likely N-dealkylation sites (N-methyl/N-ethyl adjacent to an activating group) is 1. The molecular formula is C17H18ClNO2. The van der Waals surface area contributed by atoms with E-state index in [1.54, 1.807) is 0 Å². The number of rotatable bonds is 3. The maximum Gasteiger partial charge on any atom is 0.152 e. The van der Waals surface area contributed by atoms with Crippen LogP contribution in [0.5, 0.6) is 11.5 Å². The first kappa shape index (κ1) is 14.2. The topological polar surface area (TPSA) is 30.5 Å². The molecule has 0 fully saturated rings. The molecule has 4 heteroatoms. The standard InChI is InChI=1S/C17H18ClNO2/c1-11-7-8-12(18)9-15(11)21-16-10-20-14-6-4-3-5-13(14)17(16)19-2/h3-9,16-17,19H,10H2,1-2H3. The lowest BCUT2D eigenvalue weighted by Crippen LogP contribution is -2.41. The molecule has 2 unspecified atom stereocenters. The summed E-state index contributed by atoms with van der Waals surface area (Å²) in [6.07, 6.45) is -0.0953. The van der Waals surface area contributed by atoms with Gasteiger partial charge >= 0.3 is 0 Å². The third-order valence-corrected chi connectivity index (χ3v) is 4.00. The van der Waals surface area contributed by atoms with Gasteiger partial charge in [0.15, 0.2) is 6.10 Å². The minimum absolute atomic E-state index is 0.0910. The van der Waals surface area contributed by atoms with E-state index in [9.17, 15) is 0 Å². The molecule has 2 aromatic rings. The summed E-state index contributed by atoms with van der Waals surface area (Å²) < 4.78 is 12.0. The summed E-state index contributed by atoms with van der Waals surface area (Å²) in [5, 5.41) is 4.00. The molecule has 3 rings (SSSR count). The monoisotopic (exact) mass is 303 g/mol. The molecule has 0 spiro atoms. The summed E-state index contributed by atoms with van der Waals surface area (Å²) in [6, 6.07) is 13.8. The number of nitrogens with one attached hydrogen (secondary N) is 1. The maximum absolute atomic E-state index is 6.16. The largest absolute Gasteiger partial charge is 0.489 e. The van der Waals surface area contributed by atoms with Crippen LogP contribution in [0.25, 0.3) is 0 Å². The van der Waals surface area contributed by atoms with Gasteiger partial charge in [-0.2, -0.15) is 0 Å². The zero-order valence-electron chi connectivity index (χ0n) is 12.1. The molecule has 0 aromatic heterocycles. The number of hydrogen-bond acceptors (Lipinski definition) is 3. The van der Waals surface area contributed by atoms with Crippen molar-refractivity contribution in [3.8, 4) is 11.5 Å². The molecule has 1 aliphatic rings. The van der Waals surface area contributed by atoms with Crippen LogP contribution in [0, 0.1) is 6.92 Å². The summed E-state index contributed by atoms with van der Waals surface area (Å²) in [5.41, 5.74) is 2.18. The highest BCUT2D eigenvalue weighted by molar-refractivity contribution is 6.30. The van der Waals surface area contributed by atoms with E-state index in [-0.39, 0.29) is 12.1 Å². The van der Waals surface area contributed by atoms with Crippen molar-refractivity contribution < 1.29 is 9.47 Å². The molecule has 1 N–H and O–H groups in total. The van der Waals surface area contributed by atoms with Crippen molar-refractivity contribution in [1.29, 1.82) is 0 Å². The molecule has 1 aliphatic heterocycles. The van der Waals surface area contributed by atoms with E-state index in [0.717, 1.165) is 22.6 Å². The number of ether oxygens (including phenoxy) is 2. The van der Waals surface area contributed by atoms with Crippen LogP contribution >= 0.6 is 11.6 Å². The Morgan fingerprint density at radius 3 is 2.86 bits per heavy atom. The van der Waals surface area contributed by atoms with Gasteiger partial charge in [0.2, 0.25) is 0 Å². The van der Waals surface area contributed by atoms with Crippen molar-refractivity contribution in [3.05, 3.63) is 58.6 Å². The number of fused-ring (bicyclic) bond motifs is 1. The van der Waals surface area contributed by atoms with Crippen LogP contribution in [0.2, 0.25) is 5.02 Å². The van der Waals surface area contributed by atoms with E-state index in [0.29, 0.717) is 11.6 Å². The van der Waals surface area contributed by atoms with Gasteiger partial charge in [-0.25, -0.2) is 0 Å². The van der Waals surface area contributed by atoms with Gasteiger partial charge in [-0.3, -0.25) is 0 Å². The molecule has 3 nitrogen and oxygen atoms in total. The number of hydrogen-bond donors (Lipinski definition) is 1. The Morgan fingerprint density at radius 2 is 2.05 bits per heavy atom. The van der Waals surface area contributed by atoms with Crippen LogP contribution in [-0.4, -0.2) is 19.8 Å².